The molecule has 8 heteroatoms. The predicted octanol–water partition coefficient (Wildman–Crippen LogP) is 1.73. The van der Waals surface area contributed by atoms with Crippen LogP contribution in [0.4, 0.5) is 4.39 Å². The minimum atomic E-state index is -0.314. The number of hydrogen-bond acceptors (Lipinski definition) is 6. The zero-order valence-electron chi connectivity index (χ0n) is 16.6. The number of Topliss-reactive ketones (excluding diaryl/α,β-unsaturated/α-hetero) is 1. The van der Waals surface area contributed by atoms with Crippen molar-refractivity contribution >= 4 is 16.6 Å². The van der Waals surface area contributed by atoms with E-state index >= 15 is 0 Å². The first kappa shape index (κ1) is 19.6. The molecule has 0 radical (unpaired) electrons. The number of carbonyl (C=O) groups is 1. The van der Waals surface area contributed by atoms with Crippen molar-refractivity contribution in [2.24, 2.45) is 7.05 Å². The summed E-state index contributed by atoms with van der Waals surface area (Å²) in [6, 6.07) is 8.04. The first-order valence-corrected chi connectivity index (χ1v) is 9.88. The molecule has 29 heavy (non-hydrogen) atoms. The van der Waals surface area contributed by atoms with E-state index in [-0.39, 0.29) is 12.5 Å². The normalized spacial score (nSPS) is 15.8. The van der Waals surface area contributed by atoms with Crippen molar-refractivity contribution in [3.8, 4) is 11.3 Å². The van der Waals surface area contributed by atoms with E-state index in [1.54, 1.807) is 4.68 Å². The minimum Gasteiger partial charge on any atom is -0.298 e. The Bertz CT molecular complexity index is 996. The molecule has 1 aromatic carbocycles. The van der Waals surface area contributed by atoms with Crippen LogP contribution in [-0.4, -0.2) is 81.5 Å². The van der Waals surface area contributed by atoms with Gasteiger partial charge in [-0.2, -0.15) is 0 Å². The lowest BCUT2D eigenvalue weighted by Crippen LogP contribution is -2.48. The summed E-state index contributed by atoms with van der Waals surface area (Å²) in [6.07, 6.45) is 4.00. The average molecular weight is 396 g/mol. The monoisotopic (exact) mass is 396 g/mol. The molecule has 0 atom stereocenters. The standard InChI is InChI=1S/C21H25FN6O/c1-26-15-21(24-25-26)16-2-3-17-13-23-19(11-18(17)10-16)12-20(29)14-28-8-6-27(5-4-22)7-9-28/h2-3,10-11,13,15H,4-9,12,14H2,1H3. The maximum atomic E-state index is 12.5. The van der Waals surface area contributed by atoms with Gasteiger partial charge in [-0.1, -0.05) is 17.3 Å². The van der Waals surface area contributed by atoms with E-state index in [1.807, 2.05) is 37.6 Å². The summed E-state index contributed by atoms with van der Waals surface area (Å²) in [6.45, 7) is 3.83. The Morgan fingerprint density at radius 1 is 1.10 bits per heavy atom. The van der Waals surface area contributed by atoms with Crippen molar-refractivity contribution in [1.82, 2.24) is 29.8 Å². The molecule has 1 fully saturated rings. The highest BCUT2D eigenvalue weighted by atomic mass is 19.1. The molecule has 2 aromatic heterocycles. The summed E-state index contributed by atoms with van der Waals surface area (Å²) in [4.78, 5) is 21.2. The van der Waals surface area contributed by atoms with Gasteiger partial charge in [0, 0.05) is 62.6 Å². The minimum absolute atomic E-state index is 0.154. The van der Waals surface area contributed by atoms with E-state index < -0.39 is 0 Å². The zero-order chi connectivity index (χ0) is 20.2. The fourth-order valence-electron chi connectivity index (χ4n) is 3.72. The molecule has 1 aliphatic rings. The second-order valence-electron chi connectivity index (χ2n) is 7.54. The van der Waals surface area contributed by atoms with Gasteiger partial charge in [-0.3, -0.25) is 24.3 Å². The highest BCUT2D eigenvalue weighted by molar-refractivity contribution is 5.88. The number of alkyl halides is 1. The number of ketones is 1. The highest BCUT2D eigenvalue weighted by Gasteiger charge is 2.19. The topological polar surface area (TPSA) is 67.2 Å². The third-order valence-corrected chi connectivity index (χ3v) is 5.32. The summed E-state index contributed by atoms with van der Waals surface area (Å²) in [5.74, 6) is 0.154. The van der Waals surface area contributed by atoms with Gasteiger partial charge in [-0.05, 0) is 17.5 Å². The molecule has 0 saturated carbocycles. The van der Waals surface area contributed by atoms with Crippen LogP contribution in [0, 0.1) is 0 Å². The summed E-state index contributed by atoms with van der Waals surface area (Å²) < 4.78 is 14.1. The quantitative estimate of drug-likeness (QED) is 0.606. The van der Waals surface area contributed by atoms with Crippen molar-refractivity contribution in [1.29, 1.82) is 0 Å². The van der Waals surface area contributed by atoms with Crippen molar-refractivity contribution in [3.63, 3.8) is 0 Å². The lowest BCUT2D eigenvalue weighted by molar-refractivity contribution is -0.120. The molecular weight excluding hydrogens is 371 g/mol. The average Bonchev–Trinajstić information content (AvgIpc) is 3.15. The van der Waals surface area contributed by atoms with Crippen LogP contribution in [0.3, 0.4) is 0 Å². The Kier molecular flexibility index (Phi) is 5.92. The number of pyridine rings is 1. The van der Waals surface area contributed by atoms with Crippen LogP contribution in [0.2, 0.25) is 0 Å². The van der Waals surface area contributed by atoms with Gasteiger partial charge in [0.1, 0.15) is 12.4 Å². The number of hydrogen-bond donors (Lipinski definition) is 0. The van der Waals surface area contributed by atoms with Crippen LogP contribution in [0.25, 0.3) is 22.0 Å². The predicted molar refractivity (Wildman–Crippen MR) is 109 cm³/mol. The molecule has 3 heterocycles. The lowest BCUT2D eigenvalue weighted by atomic mass is 10.0. The number of rotatable bonds is 7. The van der Waals surface area contributed by atoms with Crippen LogP contribution in [0.15, 0.2) is 36.7 Å². The van der Waals surface area contributed by atoms with Gasteiger partial charge in [0.15, 0.2) is 5.78 Å². The van der Waals surface area contributed by atoms with Gasteiger partial charge < -0.3 is 0 Å². The highest BCUT2D eigenvalue weighted by Crippen LogP contribution is 2.23. The molecule has 1 saturated heterocycles. The van der Waals surface area contributed by atoms with E-state index in [4.69, 9.17) is 0 Å². The maximum absolute atomic E-state index is 12.5. The molecule has 0 N–H and O–H groups in total. The third kappa shape index (κ3) is 4.83. The van der Waals surface area contributed by atoms with Crippen LogP contribution < -0.4 is 0 Å². The lowest BCUT2D eigenvalue weighted by Gasteiger charge is -2.33. The van der Waals surface area contributed by atoms with Gasteiger partial charge in [0.2, 0.25) is 0 Å². The SMILES string of the molecule is Cn1cc(-c2ccc3cnc(CC(=O)CN4CCN(CCF)CC4)cc3c2)nn1. The summed E-state index contributed by atoms with van der Waals surface area (Å²) in [5, 5.41) is 10.2. The molecule has 7 nitrogen and oxygen atoms in total. The van der Waals surface area contributed by atoms with Crippen LogP contribution >= 0.6 is 0 Å². The Balaban J connectivity index is 1.40. The van der Waals surface area contributed by atoms with E-state index in [1.165, 1.54) is 0 Å². The van der Waals surface area contributed by atoms with E-state index in [0.29, 0.717) is 19.5 Å². The van der Waals surface area contributed by atoms with Gasteiger partial charge in [0.25, 0.3) is 0 Å². The summed E-state index contributed by atoms with van der Waals surface area (Å²) in [7, 11) is 1.84. The molecular formula is C21H25FN6O. The van der Waals surface area contributed by atoms with Crippen LogP contribution in [0.1, 0.15) is 5.69 Å². The number of benzene rings is 1. The number of fused-ring (bicyclic) bond motifs is 1. The van der Waals surface area contributed by atoms with Gasteiger partial charge in [0.05, 0.1) is 19.2 Å². The number of nitrogens with zero attached hydrogens (tertiary/aromatic N) is 6. The zero-order valence-corrected chi connectivity index (χ0v) is 16.6. The Labute approximate surface area is 169 Å². The molecule has 3 aromatic rings. The summed E-state index contributed by atoms with van der Waals surface area (Å²) in [5.41, 5.74) is 2.57. The Morgan fingerprint density at radius 2 is 1.90 bits per heavy atom. The van der Waals surface area contributed by atoms with E-state index in [9.17, 15) is 9.18 Å². The number of carbonyl (C=O) groups excluding carboxylic acids is 1. The smallest absolute Gasteiger partial charge is 0.152 e. The number of halogens is 1. The fraction of sp³-hybridized carbons (Fsp3) is 0.429. The van der Waals surface area contributed by atoms with Gasteiger partial charge in [-0.15, -0.1) is 5.10 Å². The van der Waals surface area contributed by atoms with Crippen molar-refractivity contribution < 1.29 is 9.18 Å². The second-order valence-corrected chi connectivity index (χ2v) is 7.54. The molecule has 152 valence electrons. The fourth-order valence-corrected chi connectivity index (χ4v) is 3.72. The van der Waals surface area contributed by atoms with Crippen molar-refractivity contribution in [2.75, 3.05) is 45.9 Å². The first-order valence-electron chi connectivity index (χ1n) is 9.88. The largest absolute Gasteiger partial charge is 0.298 e. The second kappa shape index (κ2) is 8.75. The van der Waals surface area contributed by atoms with Crippen LogP contribution in [0.5, 0.6) is 0 Å². The van der Waals surface area contributed by atoms with Crippen molar-refractivity contribution in [2.45, 2.75) is 6.42 Å². The molecule has 0 unspecified atom stereocenters. The van der Waals surface area contributed by atoms with Crippen LogP contribution in [-0.2, 0) is 18.3 Å². The Hall–Kier alpha value is -2.71. The van der Waals surface area contributed by atoms with Gasteiger partial charge in [-0.25, -0.2) is 4.39 Å². The molecule has 0 bridgehead atoms. The number of aryl methyl sites for hydroxylation is 1. The van der Waals surface area contributed by atoms with Gasteiger partial charge >= 0.3 is 0 Å². The number of piperazine rings is 1. The molecule has 0 amide bonds. The molecule has 0 spiro atoms. The molecule has 0 aliphatic carbocycles. The van der Waals surface area contributed by atoms with Crippen molar-refractivity contribution in [3.05, 3.63) is 42.4 Å². The van der Waals surface area contributed by atoms with E-state index in [0.717, 1.165) is 53.9 Å². The third-order valence-electron chi connectivity index (χ3n) is 5.32. The first-order chi connectivity index (χ1) is 14.1. The maximum Gasteiger partial charge on any atom is 0.152 e. The molecule has 1 aliphatic heterocycles. The molecule has 4 rings (SSSR count). The summed E-state index contributed by atoms with van der Waals surface area (Å²) >= 11 is 0. The number of aromatic nitrogens is 4. The van der Waals surface area contributed by atoms with E-state index in [2.05, 4.69) is 31.2 Å². The Morgan fingerprint density at radius 3 is 2.62 bits per heavy atom.